The minimum absolute atomic E-state index is 0.122. The van der Waals surface area contributed by atoms with Crippen molar-refractivity contribution in [2.75, 3.05) is 19.0 Å². The van der Waals surface area contributed by atoms with E-state index in [0.29, 0.717) is 5.69 Å². The predicted molar refractivity (Wildman–Crippen MR) is 100 cm³/mol. The van der Waals surface area contributed by atoms with Crippen molar-refractivity contribution in [2.45, 2.75) is 6.18 Å². The Morgan fingerprint density at radius 2 is 1.73 bits per heavy atom. The monoisotopic (exact) mass is 419 g/mol. The molecule has 0 radical (unpaired) electrons. The molecule has 3 rings (SSSR count). The number of aromatic nitrogens is 2. The van der Waals surface area contributed by atoms with Gasteiger partial charge in [-0.25, -0.2) is 9.48 Å². The molecular weight excluding hydrogens is 403 g/mol. The van der Waals surface area contributed by atoms with Crippen molar-refractivity contribution in [2.24, 2.45) is 0 Å². The molecule has 0 atom stereocenters. The van der Waals surface area contributed by atoms with Crippen LogP contribution in [0, 0.1) is 0 Å². The third-order valence-electron chi connectivity index (χ3n) is 3.95. The Labute approximate surface area is 169 Å². The highest BCUT2D eigenvalue weighted by Crippen LogP contribution is 2.29. The summed E-state index contributed by atoms with van der Waals surface area (Å²) in [7, 11) is 1.36. The molecule has 2 aromatic carbocycles. The number of para-hydroxylation sites is 1. The summed E-state index contributed by atoms with van der Waals surface area (Å²) in [5.74, 6) is -1.44. The van der Waals surface area contributed by atoms with Gasteiger partial charge in [-0.05, 0) is 36.4 Å². The van der Waals surface area contributed by atoms with E-state index in [1.807, 2.05) is 6.07 Å². The van der Waals surface area contributed by atoms with Crippen LogP contribution in [0.4, 0.5) is 18.9 Å². The first-order valence-electron chi connectivity index (χ1n) is 8.61. The smallest absolute Gasteiger partial charge is 0.416 e. The lowest BCUT2D eigenvalue weighted by molar-refractivity contribution is -0.137. The van der Waals surface area contributed by atoms with Gasteiger partial charge in [0.15, 0.2) is 12.4 Å². The van der Waals surface area contributed by atoms with Crippen LogP contribution in [-0.4, -0.2) is 35.4 Å². The van der Waals surface area contributed by atoms with Gasteiger partial charge >= 0.3 is 12.1 Å². The first kappa shape index (κ1) is 20.9. The molecule has 1 heterocycles. The van der Waals surface area contributed by atoms with E-state index in [1.54, 1.807) is 24.3 Å². The number of hydrogen-bond donors (Lipinski definition) is 1. The highest BCUT2D eigenvalue weighted by molar-refractivity contribution is 5.95. The van der Waals surface area contributed by atoms with Crippen LogP contribution in [0.15, 0.2) is 60.8 Å². The number of halogens is 3. The summed E-state index contributed by atoms with van der Waals surface area (Å²) in [4.78, 5) is 24.2. The minimum Gasteiger partial charge on any atom is -0.493 e. The number of amides is 1. The van der Waals surface area contributed by atoms with Gasteiger partial charge in [0.25, 0.3) is 5.91 Å². The van der Waals surface area contributed by atoms with Crippen molar-refractivity contribution in [3.63, 3.8) is 0 Å². The van der Waals surface area contributed by atoms with Gasteiger partial charge in [-0.3, -0.25) is 4.79 Å². The molecule has 10 heteroatoms. The number of carbonyl (C=O) groups is 2. The maximum atomic E-state index is 12.6. The van der Waals surface area contributed by atoms with E-state index in [2.05, 4.69) is 10.4 Å². The van der Waals surface area contributed by atoms with Gasteiger partial charge in [0, 0.05) is 5.69 Å². The number of carbonyl (C=O) groups excluding carboxylic acids is 2. The van der Waals surface area contributed by atoms with Gasteiger partial charge in [0.2, 0.25) is 5.69 Å². The summed E-state index contributed by atoms with van der Waals surface area (Å²) in [5.41, 5.74) is -0.137. The van der Waals surface area contributed by atoms with Crippen molar-refractivity contribution >= 4 is 17.6 Å². The molecule has 1 amide bonds. The van der Waals surface area contributed by atoms with Crippen molar-refractivity contribution in [1.82, 2.24) is 9.78 Å². The summed E-state index contributed by atoms with van der Waals surface area (Å²) in [6.45, 7) is -0.652. The van der Waals surface area contributed by atoms with Gasteiger partial charge in [-0.2, -0.15) is 18.3 Å². The zero-order chi connectivity index (χ0) is 21.7. The quantitative estimate of drug-likeness (QED) is 0.617. The molecule has 1 N–H and O–H groups in total. The van der Waals surface area contributed by atoms with E-state index in [4.69, 9.17) is 9.47 Å². The number of benzene rings is 2. The van der Waals surface area contributed by atoms with E-state index in [1.165, 1.54) is 18.0 Å². The lowest BCUT2D eigenvalue weighted by Gasteiger charge is -2.09. The van der Waals surface area contributed by atoms with Crippen molar-refractivity contribution < 1.29 is 32.2 Å². The zero-order valence-electron chi connectivity index (χ0n) is 15.6. The lowest BCUT2D eigenvalue weighted by atomic mass is 10.2. The molecular formula is C20H16F3N3O4. The number of methoxy groups -OCH3 is 1. The molecule has 0 spiro atoms. The highest BCUT2D eigenvalue weighted by Gasteiger charge is 2.30. The number of hydrogen-bond acceptors (Lipinski definition) is 5. The number of ether oxygens (including phenoxy) is 2. The average molecular weight is 419 g/mol. The Kier molecular flexibility index (Phi) is 6.05. The van der Waals surface area contributed by atoms with Crippen LogP contribution < -0.4 is 10.1 Å². The van der Waals surface area contributed by atoms with E-state index in [-0.39, 0.29) is 17.1 Å². The summed E-state index contributed by atoms with van der Waals surface area (Å²) in [6.07, 6.45) is -2.98. The molecule has 0 saturated heterocycles. The molecule has 3 aromatic rings. The number of nitrogens with zero attached hydrogens (tertiary/aromatic N) is 2. The maximum absolute atomic E-state index is 12.6. The predicted octanol–water partition coefficient (Wildman–Crippen LogP) is 3.70. The number of esters is 1. The fourth-order valence-electron chi connectivity index (χ4n) is 2.50. The molecule has 0 bridgehead atoms. The van der Waals surface area contributed by atoms with E-state index < -0.39 is 30.2 Å². The molecule has 0 aliphatic heterocycles. The SMILES string of the molecule is COc1cn(-c2ccccc2)nc1C(=O)OCC(=O)Nc1ccc(C(F)(F)F)cc1. The zero-order valence-corrected chi connectivity index (χ0v) is 15.6. The summed E-state index contributed by atoms with van der Waals surface area (Å²) < 4.78 is 49.2. The Morgan fingerprint density at radius 1 is 1.07 bits per heavy atom. The normalized spacial score (nSPS) is 11.1. The molecule has 1 aromatic heterocycles. The molecule has 156 valence electrons. The van der Waals surface area contributed by atoms with Crippen LogP contribution in [0.5, 0.6) is 5.75 Å². The van der Waals surface area contributed by atoms with Crippen molar-refractivity contribution in [3.8, 4) is 11.4 Å². The molecule has 7 nitrogen and oxygen atoms in total. The first-order chi connectivity index (χ1) is 14.3. The summed E-state index contributed by atoms with van der Waals surface area (Å²) in [6, 6.07) is 12.9. The standard InChI is InChI=1S/C20H16F3N3O4/c1-29-16-11-26(15-5-3-2-4-6-15)25-18(16)19(28)30-12-17(27)24-14-9-7-13(8-10-14)20(21,22)23/h2-11H,12H2,1H3,(H,24,27). The largest absolute Gasteiger partial charge is 0.493 e. The van der Waals surface area contributed by atoms with Crippen LogP contribution in [0.25, 0.3) is 5.69 Å². The van der Waals surface area contributed by atoms with Gasteiger partial charge in [0.05, 0.1) is 24.6 Å². The number of alkyl halides is 3. The second-order valence-corrected chi connectivity index (χ2v) is 6.03. The van der Waals surface area contributed by atoms with Gasteiger partial charge in [0.1, 0.15) is 0 Å². The van der Waals surface area contributed by atoms with Crippen molar-refractivity contribution in [3.05, 3.63) is 72.1 Å². The van der Waals surface area contributed by atoms with E-state index >= 15 is 0 Å². The van der Waals surface area contributed by atoms with E-state index in [0.717, 1.165) is 24.3 Å². The van der Waals surface area contributed by atoms with Crippen LogP contribution in [-0.2, 0) is 15.7 Å². The van der Waals surface area contributed by atoms with Gasteiger partial charge in [-0.1, -0.05) is 18.2 Å². The molecule has 0 fully saturated rings. The Morgan fingerprint density at radius 3 is 2.33 bits per heavy atom. The Bertz CT molecular complexity index is 1030. The average Bonchev–Trinajstić information content (AvgIpc) is 3.17. The molecule has 0 saturated carbocycles. The summed E-state index contributed by atoms with van der Waals surface area (Å²) >= 11 is 0. The first-order valence-corrected chi connectivity index (χ1v) is 8.61. The summed E-state index contributed by atoms with van der Waals surface area (Å²) in [5, 5.41) is 6.47. The van der Waals surface area contributed by atoms with Crippen LogP contribution >= 0.6 is 0 Å². The number of nitrogens with one attached hydrogen (secondary N) is 1. The highest BCUT2D eigenvalue weighted by atomic mass is 19.4. The van der Waals surface area contributed by atoms with Gasteiger partial charge < -0.3 is 14.8 Å². The minimum atomic E-state index is -4.47. The van der Waals surface area contributed by atoms with Crippen LogP contribution in [0.3, 0.4) is 0 Å². The Hall–Kier alpha value is -3.82. The van der Waals surface area contributed by atoms with Crippen LogP contribution in [0.2, 0.25) is 0 Å². The van der Waals surface area contributed by atoms with Crippen LogP contribution in [0.1, 0.15) is 16.1 Å². The van der Waals surface area contributed by atoms with Crippen molar-refractivity contribution in [1.29, 1.82) is 0 Å². The van der Waals surface area contributed by atoms with Gasteiger partial charge in [-0.15, -0.1) is 0 Å². The molecule has 0 aliphatic rings. The maximum Gasteiger partial charge on any atom is 0.416 e. The third kappa shape index (κ3) is 4.96. The van der Waals surface area contributed by atoms with E-state index in [9.17, 15) is 22.8 Å². The molecule has 30 heavy (non-hydrogen) atoms. The number of anilines is 1. The fourth-order valence-corrected chi connectivity index (χ4v) is 2.50. The Balaban J connectivity index is 1.61. The second-order valence-electron chi connectivity index (χ2n) is 6.03. The topological polar surface area (TPSA) is 82.5 Å². The fraction of sp³-hybridized carbons (Fsp3) is 0.150. The number of rotatable bonds is 6. The third-order valence-corrected chi connectivity index (χ3v) is 3.95. The molecule has 0 aliphatic carbocycles. The molecule has 0 unspecified atom stereocenters. The lowest BCUT2D eigenvalue weighted by Crippen LogP contribution is -2.21. The second kappa shape index (κ2) is 8.68.